The molecule has 0 spiro atoms. The van der Waals surface area contributed by atoms with Crippen LogP contribution in [-0.4, -0.2) is 0 Å². The van der Waals surface area contributed by atoms with Gasteiger partial charge in [-0.1, -0.05) is 72.9 Å². The number of hydrogen-bond acceptors (Lipinski definition) is 1. The predicted octanol–water partition coefficient (Wildman–Crippen LogP) is 7.78. The van der Waals surface area contributed by atoms with Gasteiger partial charge in [0.25, 0.3) is 0 Å². The molecular weight excluding hydrogens is 374 g/mol. The summed E-state index contributed by atoms with van der Waals surface area (Å²) in [7, 11) is 0. The minimum absolute atomic E-state index is 0.366. The van der Waals surface area contributed by atoms with Gasteiger partial charge in [0.05, 0.1) is 0 Å². The molecule has 1 nitrogen and oxygen atoms in total. The molecule has 3 aliphatic rings. The predicted molar refractivity (Wildman–Crippen MR) is 134 cm³/mol. The zero-order chi connectivity index (χ0) is 20.8. The number of allylic oxidation sites excluding steroid dienone is 9. The second kappa shape index (κ2) is 7.42. The first-order valence-electron chi connectivity index (χ1n) is 11.5. The zero-order valence-electron chi connectivity index (χ0n) is 17.8. The van der Waals surface area contributed by atoms with Crippen LogP contribution in [0.3, 0.4) is 0 Å². The van der Waals surface area contributed by atoms with E-state index in [-0.39, 0.29) is 0 Å². The van der Waals surface area contributed by atoms with E-state index < -0.39 is 0 Å². The van der Waals surface area contributed by atoms with Crippen molar-refractivity contribution in [1.82, 2.24) is 0 Å². The number of anilines is 1. The molecule has 0 saturated heterocycles. The van der Waals surface area contributed by atoms with Crippen LogP contribution in [0.1, 0.15) is 48.3 Å². The van der Waals surface area contributed by atoms with Crippen LogP contribution < -0.4 is 5.73 Å². The van der Waals surface area contributed by atoms with Crippen molar-refractivity contribution in [2.75, 3.05) is 5.73 Å². The van der Waals surface area contributed by atoms with Gasteiger partial charge < -0.3 is 5.73 Å². The van der Waals surface area contributed by atoms with E-state index >= 15 is 0 Å². The van der Waals surface area contributed by atoms with Gasteiger partial charge in [-0.25, -0.2) is 0 Å². The number of nitrogens with two attached hydrogens (primary N) is 1. The van der Waals surface area contributed by atoms with Crippen LogP contribution in [0.15, 0.2) is 90.1 Å². The van der Waals surface area contributed by atoms with Gasteiger partial charge in [-0.15, -0.1) is 0 Å². The fraction of sp³-hybridized carbons (Fsp3) is 0.200. The quantitative estimate of drug-likeness (QED) is 0.344. The molecule has 0 saturated carbocycles. The monoisotopic (exact) mass is 401 g/mol. The van der Waals surface area contributed by atoms with E-state index in [0.29, 0.717) is 5.92 Å². The molecule has 0 radical (unpaired) electrons. The third-order valence-electron chi connectivity index (χ3n) is 7.15. The first-order chi connectivity index (χ1) is 15.3. The van der Waals surface area contributed by atoms with Crippen molar-refractivity contribution in [3.05, 3.63) is 107 Å². The molecule has 0 aliphatic heterocycles. The first kappa shape index (κ1) is 18.4. The Morgan fingerprint density at radius 3 is 2.48 bits per heavy atom. The van der Waals surface area contributed by atoms with E-state index in [0.717, 1.165) is 37.8 Å². The van der Waals surface area contributed by atoms with Gasteiger partial charge in [0.2, 0.25) is 0 Å². The summed E-state index contributed by atoms with van der Waals surface area (Å²) in [6.07, 6.45) is 23.6. The first-order valence-corrected chi connectivity index (χ1v) is 11.5. The Labute approximate surface area is 184 Å². The Bertz CT molecular complexity index is 1360. The number of aryl methyl sites for hydroxylation is 1. The standard InChI is InChI=1S/C30H27N/c31-30-19-29-24-14-8-7-13-23(24)27-17-22(20-9-3-1-4-10-20)15-16-25(27)28(29)18-26(30)21-11-5-2-6-12-21/h1-3,5-9,11,13-14,17-19,21H,4,10,12,15-16,31H2. The number of benzene rings is 3. The molecule has 0 bridgehead atoms. The van der Waals surface area contributed by atoms with Gasteiger partial charge in [0, 0.05) is 11.6 Å². The number of nitrogen functional groups attached to an aromatic ring is 1. The summed E-state index contributed by atoms with van der Waals surface area (Å²) in [5.41, 5.74) is 14.7. The molecule has 1 unspecified atom stereocenters. The highest BCUT2D eigenvalue weighted by Crippen LogP contribution is 2.43. The molecular formula is C30H27N. The van der Waals surface area contributed by atoms with Gasteiger partial charge in [0.15, 0.2) is 0 Å². The summed E-state index contributed by atoms with van der Waals surface area (Å²) in [6.45, 7) is 0. The van der Waals surface area contributed by atoms with Crippen LogP contribution >= 0.6 is 0 Å². The number of rotatable bonds is 2. The Morgan fingerprint density at radius 1 is 0.774 bits per heavy atom. The summed E-state index contributed by atoms with van der Waals surface area (Å²) in [5, 5.41) is 5.33. The third kappa shape index (κ3) is 3.08. The topological polar surface area (TPSA) is 26.0 Å². The fourth-order valence-electron chi connectivity index (χ4n) is 5.56. The molecule has 3 aliphatic carbocycles. The molecule has 0 fully saturated rings. The second-order valence-corrected chi connectivity index (χ2v) is 8.95. The Hall–Kier alpha value is -3.32. The lowest BCUT2D eigenvalue weighted by molar-refractivity contribution is 0.857. The van der Waals surface area contributed by atoms with Crippen LogP contribution in [0.2, 0.25) is 0 Å². The lowest BCUT2D eigenvalue weighted by atomic mass is 9.80. The Morgan fingerprint density at radius 2 is 1.68 bits per heavy atom. The highest BCUT2D eigenvalue weighted by Gasteiger charge is 2.21. The van der Waals surface area contributed by atoms with Crippen molar-refractivity contribution in [2.24, 2.45) is 0 Å². The van der Waals surface area contributed by atoms with Crippen molar-refractivity contribution in [3.63, 3.8) is 0 Å². The minimum atomic E-state index is 0.366. The molecule has 2 N–H and O–H groups in total. The maximum atomic E-state index is 6.62. The molecule has 3 aromatic rings. The molecule has 0 aromatic heterocycles. The lowest BCUT2D eigenvalue weighted by Gasteiger charge is -2.25. The second-order valence-electron chi connectivity index (χ2n) is 8.95. The molecule has 31 heavy (non-hydrogen) atoms. The van der Waals surface area contributed by atoms with Crippen LogP contribution in [-0.2, 0) is 6.42 Å². The van der Waals surface area contributed by atoms with E-state index in [2.05, 4.69) is 85.0 Å². The van der Waals surface area contributed by atoms with E-state index in [1.165, 1.54) is 49.4 Å². The fourth-order valence-corrected chi connectivity index (χ4v) is 5.56. The van der Waals surface area contributed by atoms with Crippen LogP contribution in [0, 0.1) is 0 Å². The number of fused-ring (bicyclic) bond motifs is 6. The average Bonchev–Trinajstić information content (AvgIpc) is 2.85. The molecule has 0 heterocycles. The highest BCUT2D eigenvalue weighted by molar-refractivity contribution is 6.14. The van der Waals surface area contributed by atoms with Crippen LogP contribution in [0.25, 0.3) is 27.6 Å². The summed E-state index contributed by atoms with van der Waals surface area (Å²) in [5.74, 6) is 0.366. The van der Waals surface area contributed by atoms with Crippen molar-refractivity contribution in [3.8, 4) is 0 Å². The zero-order valence-corrected chi connectivity index (χ0v) is 17.8. The largest absolute Gasteiger partial charge is 0.398 e. The maximum Gasteiger partial charge on any atom is 0.0359 e. The van der Waals surface area contributed by atoms with Crippen molar-refractivity contribution in [1.29, 1.82) is 0 Å². The van der Waals surface area contributed by atoms with Gasteiger partial charge >= 0.3 is 0 Å². The third-order valence-corrected chi connectivity index (χ3v) is 7.15. The summed E-state index contributed by atoms with van der Waals surface area (Å²) >= 11 is 0. The number of hydrogen-bond donors (Lipinski definition) is 1. The Balaban J connectivity index is 1.62. The van der Waals surface area contributed by atoms with Crippen molar-refractivity contribution < 1.29 is 0 Å². The van der Waals surface area contributed by atoms with Crippen molar-refractivity contribution >= 4 is 33.3 Å². The van der Waals surface area contributed by atoms with E-state index in [9.17, 15) is 0 Å². The van der Waals surface area contributed by atoms with Gasteiger partial charge in [0.1, 0.15) is 0 Å². The average molecular weight is 402 g/mol. The summed E-state index contributed by atoms with van der Waals surface area (Å²) < 4.78 is 0. The Kier molecular flexibility index (Phi) is 4.42. The molecule has 0 amide bonds. The highest BCUT2D eigenvalue weighted by atomic mass is 14.6. The SMILES string of the molecule is Nc1cc2c(cc1C1C=CC=CC1)c1c(c3ccccc32)C=C(C2=CC=CCC2)CC1. The molecule has 6 rings (SSSR count). The minimum Gasteiger partial charge on any atom is -0.398 e. The van der Waals surface area contributed by atoms with Crippen LogP contribution in [0.5, 0.6) is 0 Å². The molecule has 152 valence electrons. The van der Waals surface area contributed by atoms with Gasteiger partial charge in [-0.2, -0.15) is 0 Å². The van der Waals surface area contributed by atoms with E-state index in [1.54, 1.807) is 0 Å². The molecule has 3 aromatic carbocycles. The molecule has 1 atom stereocenters. The summed E-state index contributed by atoms with van der Waals surface area (Å²) in [6, 6.07) is 13.5. The van der Waals surface area contributed by atoms with E-state index in [1.807, 2.05) is 0 Å². The van der Waals surface area contributed by atoms with Crippen molar-refractivity contribution in [2.45, 2.75) is 38.0 Å². The maximum absolute atomic E-state index is 6.62. The smallest absolute Gasteiger partial charge is 0.0359 e. The van der Waals surface area contributed by atoms with E-state index in [4.69, 9.17) is 5.73 Å². The van der Waals surface area contributed by atoms with Gasteiger partial charge in [-0.3, -0.25) is 0 Å². The van der Waals surface area contributed by atoms with Crippen LogP contribution in [0.4, 0.5) is 5.69 Å². The molecule has 1 heteroatoms. The summed E-state index contributed by atoms with van der Waals surface area (Å²) in [4.78, 5) is 0. The van der Waals surface area contributed by atoms with Gasteiger partial charge in [-0.05, 0) is 93.6 Å². The lowest BCUT2D eigenvalue weighted by Crippen LogP contribution is -2.06. The normalized spacial score (nSPS) is 20.1.